The Morgan fingerprint density at radius 1 is 1.42 bits per heavy atom. The molecule has 1 aliphatic heterocycles. The maximum Gasteiger partial charge on any atom is 0.416 e. The molecule has 1 saturated heterocycles. The highest BCUT2D eigenvalue weighted by molar-refractivity contribution is 5.51. The summed E-state index contributed by atoms with van der Waals surface area (Å²) < 4.78 is 37.5. The topological polar surface area (TPSA) is 58.3 Å². The number of hydrogen-bond donors (Lipinski definition) is 3. The molecule has 1 aromatic rings. The van der Waals surface area contributed by atoms with Crippen LogP contribution in [-0.4, -0.2) is 18.2 Å². The molecule has 0 radical (unpaired) electrons. The molecule has 1 heterocycles. The van der Waals surface area contributed by atoms with Gasteiger partial charge in [-0.25, -0.2) is 0 Å². The van der Waals surface area contributed by atoms with Gasteiger partial charge in [0.2, 0.25) is 0 Å². The molecule has 0 bridgehead atoms. The van der Waals surface area contributed by atoms with Gasteiger partial charge in [0.15, 0.2) is 0 Å². The quantitative estimate of drug-likeness (QED) is 0.741. The highest BCUT2D eigenvalue weighted by Gasteiger charge is 2.31. The average Bonchev–Trinajstić information content (AvgIpc) is 2.80. The predicted octanol–water partition coefficient (Wildman–Crippen LogP) is 2.32. The van der Waals surface area contributed by atoms with Crippen molar-refractivity contribution in [3.63, 3.8) is 0 Å². The Morgan fingerprint density at radius 3 is 2.68 bits per heavy atom. The summed E-state index contributed by atoms with van der Waals surface area (Å²) in [5.41, 5.74) is 5.20. The number of aliphatic hydroxyl groups is 1. The van der Waals surface area contributed by atoms with Gasteiger partial charge >= 0.3 is 6.18 Å². The van der Waals surface area contributed by atoms with E-state index in [2.05, 4.69) is 5.32 Å². The molecule has 0 spiro atoms. The minimum Gasteiger partial charge on any atom is -0.398 e. The maximum atomic E-state index is 12.5. The molecule has 0 amide bonds. The van der Waals surface area contributed by atoms with Crippen LogP contribution in [0.25, 0.3) is 0 Å². The van der Waals surface area contributed by atoms with Gasteiger partial charge in [-0.1, -0.05) is 6.07 Å². The molecule has 19 heavy (non-hydrogen) atoms. The molecule has 2 rings (SSSR count). The number of nitrogens with two attached hydrogens (primary N) is 1. The Labute approximate surface area is 109 Å². The minimum atomic E-state index is -4.41. The predicted molar refractivity (Wildman–Crippen MR) is 66.4 cm³/mol. The van der Waals surface area contributed by atoms with Crippen molar-refractivity contribution in [2.24, 2.45) is 5.92 Å². The summed E-state index contributed by atoms with van der Waals surface area (Å²) in [5, 5.41) is 13.2. The van der Waals surface area contributed by atoms with E-state index in [4.69, 9.17) is 5.73 Å². The van der Waals surface area contributed by atoms with E-state index >= 15 is 0 Å². The first-order chi connectivity index (χ1) is 8.88. The van der Waals surface area contributed by atoms with Gasteiger partial charge in [-0.3, -0.25) is 0 Å². The molecule has 2 atom stereocenters. The van der Waals surface area contributed by atoms with Crippen molar-refractivity contribution in [1.29, 1.82) is 0 Å². The second-order valence-corrected chi connectivity index (χ2v) is 4.95. The number of hydrogen-bond acceptors (Lipinski definition) is 3. The first kappa shape index (κ1) is 14.1. The van der Waals surface area contributed by atoms with Crippen molar-refractivity contribution >= 4 is 5.69 Å². The fourth-order valence-electron chi connectivity index (χ4n) is 2.41. The number of rotatable bonds is 3. The second-order valence-electron chi connectivity index (χ2n) is 4.95. The summed E-state index contributed by atoms with van der Waals surface area (Å²) in [5.74, 6) is 0.344. The minimum absolute atomic E-state index is 0.00622. The lowest BCUT2D eigenvalue weighted by Crippen LogP contribution is -2.13. The normalized spacial score (nSPS) is 21.6. The number of anilines is 1. The van der Waals surface area contributed by atoms with Crippen LogP contribution in [0.1, 0.15) is 30.1 Å². The average molecular weight is 274 g/mol. The lowest BCUT2D eigenvalue weighted by molar-refractivity contribution is -0.137. The van der Waals surface area contributed by atoms with Crippen molar-refractivity contribution in [2.75, 3.05) is 18.8 Å². The van der Waals surface area contributed by atoms with E-state index in [9.17, 15) is 18.3 Å². The van der Waals surface area contributed by atoms with E-state index in [1.807, 2.05) is 0 Å². The second kappa shape index (κ2) is 5.38. The summed E-state index contributed by atoms with van der Waals surface area (Å²) in [6.45, 7) is 1.75. The van der Waals surface area contributed by atoms with Crippen molar-refractivity contribution in [3.8, 4) is 0 Å². The number of nitrogens with one attached hydrogen (secondary N) is 1. The van der Waals surface area contributed by atoms with Crippen molar-refractivity contribution in [1.82, 2.24) is 5.32 Å². The standard InChI is InChI=1S/C13H17F3N2O/c14-13(15,16)9-1-2-10(11(17)6-9)12(19)5-8-3-4-18-7-8/h1-2,6,8,12,18-19H,3-5,7,17H2. The van der Waals surface area contributed by atoms with Crippen LogP contribution in [0.4, 0.5) is 18.9 Å². The third-order valence-corrected chi connectivity index (χ3v) is 3.49. The molecule has 6 heteroatoms. The van der Waals surface area contributed by atoms with Gasteiger partial charge in [0.1, 0.15) is 0 Å². The summed E-state index contributed by atoms with van der Waals surface area (Å²) in [6.07, 6.45) is -3.74. The molecule has 1 aromatic carbocycles. The van der Waals surface area contributed by atoms with Crippen molar-refractivity contribution < 1.29 is 18.3 Å². The van der Waals surface area contributed by atoms with E-state index < -0.39 is 17.8 Å². The van der Waals surface area contributed by atoms with Crippen molar-refractivity contribution in [2.45, 2.75) is 25.1 Å². The molecule has 0 aliphatic carbocycles. The Morgan fingerprint density at radius 2 is 2.16 bits per heavy atom. The molecular weight excluding hydrogens is 257 g/mol. The lowest BCUT2D eigenvalue weighted by atomic mass is 9.94. The fourth-order valence-corrected chi connectivity index (χ4v) is 2.41. The van der Waals surface area contributed by atoms with Crippen LogP contribution >= 0.6 is 0 Å². The Bertz CT molecular complexity index is 442. The molecule has 2 unspecified atom stereocenters. The van der Waals surface area contributed by atoms with Crippen molar-refractivity contribution in [3.05, 3.63) is 29.3 Å². The molecule has 3 nitrogen and oxygen atoms in total. The number of halogens is 3. The van der Waals surface area contributed by atoms with Crippen LogP contribution < -0.4 is 11.1 Å². The van der Waals surface area contributed by atoms with E-state index in [0.717, 1.165) is 31.6 Å². The molecular formula is C13H17F3N2O. The van der Waals surface area contributed by atoms with Crippen LogP contribution in [0.2, 0.25) is 0 Å². The number of benzene rings is 1. The van der Waals surface area contributed by atoms with E-state index in [1.54, 1.807) is 0 Å². The highest BCUT2D eigenvalue weighted by atomic mass is 19.4. The first-order valence-electron chi connectivity index (χ1n) is 6.23. The molecule has 1 aliphatic rings. The Balaban J connectivity index is 2.11. The van der Waals surface area contributed by atoms with Gasteiger partial charge in [0, 0.05) is 11.3 Å². The van der Waals surface area contributed by atoms with E-state index in [1.165, 1.54) is 6.07 Å². The van der Waals surface area contributed by atoms with Gasteiger partial charge in [-0.2, -0.15) is 13.2 Å². The zero-order valence-corrected chi connectivity index (χ0v) is 10.4. The largest absolute Gasteiger partial charge is 0.416 e. The van der Waals surface area contributed by atoms with Crippen LogP contribution in [0.15, 0.2) is 18.2 Å². The SMILES string of the molecule is Nc1cc(C(F)(F)F)ccc1C(O)CC1CCNC1. The van der Waals surface area contributed by atoms with Crippen LogP contribution in [0.5, 0.6) is 0 Å². The van der Waals surface area contributed by atoms with Gasteiger partial charge < -0.3 is 16.2 Å². The number of nitrogen functional groups attached to an aromatic ring is 1. The fraction of sp³-hybridized carbons (Fsp3) is 0.538. The van der Waals surface area contributed by atoms with Crippen LogP contribution in [0.3, 0.4) is 0 Å². The summed E-state index contributed by atoms with van der Waals surface area (Å²) in [7, 11) is 0. The number of aliphatic hydroxyl groups excluding tert-OH is 1. The summed E-state index contributed by atoms with van der Waals surface area (Å²) >= 11 is 0. The zero-order valence-electron chi connectivity index (χ0n) is 10.4. The van der Waals surface area contributed by atoms with Crippen LogP contribution in [0, 0.1) is 5.92 Å². The zero-order chi connectivity index (χ0) is 14.0. The Hall–Kier alpha value is -1.27. The molecule has 4 N–H and O–H groups in total. The molecule has 0 aromatic heterocycles. The molecule has 106 valence electrons. The number of alkyl halides is 3. The Kier molecular flexibility index (Phi) is 4.01. The monoisotopic (exact) mass is 274 g/mol. The smallest absolute Gasteiger partial charge is 0.398 e. The van der Waals surface area contributed by atoms with Gasteiger partial charge in [0.05, 0.1) is 11.7 Å². The molecule has 1 fully saturated rings. The van der Waals surface area contributed by atoms with Gasteiger partial charge in [-0.15, -0.1) is 0 Å². The third kappa shape index (κ3) is 3.39. The van der Waals surface area contributed by atoms with E-state index in [-0.39, 0.29) is 5.69 Å². The van der Waals surface area contributed by atoms with Crippen LogP contribution in [-0.2, 0) is 6.18 Å². The van der Waals surface area contributed by atoms with Gasteiger partial charge in [-0.05, 0) is 44.0 Å². The third-order valence-electron chi connectivity index (χ3n) is 3.49. The maximum absolute atomic E-state index is 12.5. The molecule has 0 saturated carbocycles. The lowest BCUT2D eigenvalue weighted by Gasteiger charge is -2.18. The van der Waals surface area contributed by atoms with Gasteiger partial charge in [0.25, 0.3) is 0 Å². The van der Waals surface area contributed by atoms with E-state index in [0.29, 0.717) is 17.9 Å². The first-order valence-corrected chi connectivity index (χ1v) is 6.23. The summed E-state index contributed by atoms with van der Waals surface area (Å²) in [4.78, 5) is 0. The highest BCUT2D eigenvalue weighted by Crippen LogP contribution is 2.34. The summed E-state index contributed by atoms with van der Waals surface area (Å²) in [6, 6.07) is 3.11.